The molecule has 4 aliphatic rings. The summed E-state index contributed by atoms with van der Waals surface area (Å²) in [7, 11) is 0. The number of rotatable bonds is 1. The van der Waals surface area contributed by atoms with E-state index in [0.717, 1.165) is 12.1 Å². The molecule has 7 rings (SSSR count). The molecular formula is C30H22O10. The Morgan fingerprint density at radius 3 is 2.05 bits per heavy atom. The van der Waals surface area contributed by atoms with Crippen LogP contribution in [0.25, 0.3) is 0 Å². The molecule has 10 nitrogen and oxygen atoms in total. The molecule has 0 saturated carbocycles. The molecule has 3 aromatic rings. The Kier molecular flexibility index (Phi) is 4.70. The van der Waals surface area contributed by atoms with Gasteiger partial charge in [-0.2, -0.15) is 0 Å². The van der Waals surface area contributed by atoms with Crippen LogP contribution < -0.4 is 0 Å². The molecule has 0 bridgehead atoms. The molecule has 0 saturated heterocycles. The Labute approximate surface area is 226 Å². The van der Waals surface area contributed by atoms with Gasteiger partial charge in [-0.3, -0.25) is 9.59 Å². The van der Waals surface area contributed by atoms with Crippen molar-refractivity contribution in [2.24, 2.45) is 5.41 Å². The van der Waals surface area contributed by atoms with Gasteiger partial charge in [0.1, 0.15) is 34.7 Å². The number of aliphatic hydroxyl groups is 2. The van der Waals surface area contributed by atoms with E-state index in [1.54, 1.807) is 19.1 Å². The Morgan fingerprint density at radius 1 is 0.775 bits per heavy atom. The molecule has 3 aliphatic carbocycles. The molecule has 0 radical (unpaired) electrons. The second kappa shape index (κ2) is 7.71. The number of phenols is 4. The van der Waals surface area contributed by atoms with Crippen LogP contribution in [0, 0.1) is 12.3 Å². The maximum Gasteiger partial charge on any atom is 0.342 e. The van der Waals surface area contributed by atoms with Crippen LogP contribution in [0.2, 0.25) is 0 Å². The van der Waals surface area contributed by atoms with Crippen molar-refractivity contribution in [1.82, 2.24) is 0 Å². The van der Waals surface area contributed by atoms with Crippen molar-refractivity contribution >= 4 is 17.5 Å². The van der Waals surface area contributed by atoms with E-state index < -0.39 is 75.6 Å². The van der Waals surface area contributed by atoms with Crippen molar-refractivity contribution < 1.29 is 49.8 Å². The zero-order valence-corrected chi connectivity index (χ0v) is 20.9. The standard InChI is InChI=1S/C30H22O10/c1-10-6-12-20(17(34)7-10)29(39)40-28(12)30-9-11-8-18(35)23-24(19(11)13(30)2-3-16(33)27(30)38)26(37)22-15(32)5-4-14(31)21(22)25(23)36/h2-8,13,16,27-28,31-35,38H,9H2,1H3/t13-,16-,27-,28+,30-/m1/s1. The lowest BCUT2D eigenvalue weighted by atomic mass is 9.61. The summed E-state index contributed by atoms with van der Waals surface area (Å²) >= 11 is 0. The van der Waals surface area contributed by atoms with Crippen LogP contribution >= 0.6 is 0 Å². The van der Waals surface area contributed by atoms with Gasteiger partial charge in [0.05, 0.1) is 34.3 Å². The molecule has 202 valence electrons. The normalized spacial score (nSPS) is 27.5. The van der Waals surface area contributed by atoms with E-state index >= 15 is 0 Å². The van der Waals surface area contributed by atoms with Crippen molar-refractivity contribution in [2.75, 3.05) is 0 Å². The number of benzene rings is 3. The van der Waals surface area contributed by atoms with Gasteiger partial charge in [0, 0.05) is 17.0 Å². The number of aromatic hydroxyl groups is 4. The van der Waals surface area contributed by atoms with Gasteiger partial charge in [-0.15, -0.1) is 0 Å². The van der Waals surface area contributed by atoms with Crippen molar-refractivity contribution in [2.45, 2.75) is 37.6 Å². The zero-order valence-electron chi connectivity index (χ0n) is 20.9. The fraction of sp³-hybridized carbons (Fsp3) is 0.233. The van der Waals surface area contributed by atoms with Crippen LogP contribution in [0.15, 0.2) is 42.5 Å². The Morgan fingerprint density at radius 2 is 1.38 bits per heavy atom. The van der Waals surface area contributed by atoms with Crippen LogP contribution in [0.3, 0.4) is 0 Å². The number of aryl methyl sites for hydroxylation is 1. The van der Waals surface area contributed by atoms with Gasteiger partial charge in [0.15, 0.2) is 5.78 Å². The van der Waals surface area contributed by atoms with Gasteiger partial charge in [0.2, 0.25) is 5.78 Å². The third-order valence-corrected chi connectivity index (χ3v) is 8.76. The van der Waals surface area contributed by atoms with Crippen LogP contribution in [0.4, 0.5) is 0 Å². The van der Waals surface area contributed by atoms with Crippen molar-refractivity contribution in [3.05, 3.63) is 92.6 Å². The predicted octanol–water partition coefficient (Wildman–Crippen LogP) is 2.42. The first-order valence-corrected chi connectivity index (χ1v) is 12.6. The zero-order chi connectivity index (χ0) is 28.4. The number of ether oxygens (including phenoxy) is 1. The molecule has 5 atom stereocenters. The average molecular weight is 542 g/mol. The summed E-state index contributed by atoms with van der Waals surface area (Å²) in [6, 6.07) is 6.51. The van der Waals surface area contributed by atoms with Crippen molar-refractivity contribution in [3.63, 3.8) is 0 Å². The molecule has 6 N–H and O–H groups in total. The number of carbonyl (C=O) groups is 3. The summed E-state index contributed by atoms with van der Waals surface area (Å²) < 4.78 is 5.78. The average Bonchev–Trinajstić information content (AvgIpc) is 3.41. The van der Waals surface area contributed by atoms with E-state index in [1.165, 1.54) is 18.2 Å². The number of fused-ring (bicyclic) bond motifs is 7. The third kappa shape index (κ3) is 2.76. The van der Waals surface area contributed by atoms with Crippen LogP contribution in [-0.4, -0.2) is 60.4 Å². The second-order valence-corrected chi connectivity index (χ2v) is 10.9. The van der Waals surface area contributed by atoms with Gasteiger partial charge < -0.3 is 35.4 Å². The van der Waals surface area contributed by atoms with Crippen LogP contribution in [0.5, 0.6) is 23.0 Å². The molecule has 40 heavy (non-hydrogen) atoms. The fourth-order valence-electron chi connectivity index (χ4n) is 7.18. The molecule has 10 heteroatoms. The van der Waals surface area contributed by atoms with Gasteiger partial charge in [-0.1, -0.05) is 18.2 Å². The SMILES string of the molecule is Cc1cc(O)c2c(c1)[C@@H]([C@]13Cc4cc(O)c5c(c4[C@H]1C=C[C@@H](O)[C@H]3O)C(=O)c1c(O)ccc(O)c1C5=O)OC2=O. The smallest absolute Gasteiger partial charge is 0.342 e. The molecule has 0 spiro atoms. The maximum absolute atomic E-state index is 13.9. The summed E-state index contributed by atoms with van der Waals surface area (Å²) in [5, 5.41) is 64.8. The van der Waals surface area contributed by atoms with Gasteiger partial charge in [-0.25, -0.2) is 4.79 Å². The van der Waals surface area contributed by atoms with E-state index in [4.69, 9.17) is 4.74 Å². The minimum Gasteiger partial charge on any atom is -0.507 e. The maximum atomic E-state index is 13.9. The molecule has 3 aromatic carbocycles. The summed E-state index contributed by atoms with van der Waals surface area (Å²) in [4.78, 5) is 40.4. The largest absolute Gasteiger partial charge is 0.507 e. The second-order valence-electron chi connectivity index (χ2n) is 10.9. The number of carbonyl (C=O) groups excluding carboxylic acids is 3. The highest BCUT2D eigenvalue weighted by atomic mass is 16.6. The number of hydrogen-bond donors (Lipinski definition) is 6. The topological polar surface area (TPSA) is 182 Å². The minimum absolute atomic E-state index is 0.0682. The number of ketones is 2. The highest BCUT2D eigenvalue weighted by molar-refractivity contribution is 6.31. The van der Waals surface area contributed by atoms with Gasteiger partial charge >= 0.3 is 5.97 Å². The first-order valence-electron chi connectivity index (χ1n) is 12.6. The number of esters is 1. The number of cyclic esters (lactones) is 1. The monoisotopic (exact) mass is 542 g/mol. The number of allylic oxidation sites excluding steroid dienone is 1. The molecular weight excluding hydrogens is 520 g/mol. The summed E-state index contributed by atoms with van der Waals surface area (Å²) in [6.07, 6.45) is -1.25. The molecule has 0 unspecified atom stereocenters. The first kappa shape index (κ1) is 24.4. The van der Waals surface area contributed by atoms with E-state index in [2.05, 4.69) is 0 Å². The highest BCUT2D eigenvalue weighted by Gasteiger charge is 2.63. The number of aliphatic hydroxyl groups excluding tert-OH is 2. The minimum atomic E-state index is -1.53. The summed E-state index contributed by atoms with van der Waals surface area (Å²) in [5.74, 6) is -5.30. The van der Waals surface area contributed by atoms with E-state index in [0.29, 0.717) is 16.7 Å². The lowest BCUT2D eigenvalue weighted by Gasteiger charge is -2.46. The summed E-state index contributed by atoms with van der Waals surface area (Å²) in [6.45, 7) is 1.71. The lowest BCUT2D eigenvalue weighted by Crippen LogP contribution is -2.51. The summed E-state index contributed by atoms with van der Waals surface area (Å²) in [5.41, 5.74) is -1.43. The highest BCUT2D eigenvalue weighted by Crippen LogP contribution is 2.64. The van der Waals surface area contributed by atoms with Crippen molar-refractivity contribution in [3.8, 4) is 23.0 Å². The number of phenolic OH excluding ortho intramolecular Hbond substituents is 4. The molecule has 0 amide bonds. The first-order chi connectivity index (χ1) is 19.0. The Hall–Kier alpha value is -4.67. The molecule has 1 aliphatic heterocycles. The van der Waals surface area contributed by atoms with Gasteiger partial charge in [0.25, 0.3) is 0 Å². The van der Waals surface area contributed by atoms with Crippen molar-refractivity contribution in [1.29, 1.82) is 0 Å². The number of hydrogen-bond acceptors (Lipinski definition) is 10. The van der Waals surface area contributed by atoms with Gasteiger partial charge in [-0.05, 0) is 54.3 Å². The molecule has 0 fully saturated rings. The van der Waals surface area contributed by atoms with Crippen LogP contribution in [0.1, 0.15) is 76.5 Å². The van der Waals surface area contributed by atoms with Crippen LogP contribution in [-0.2, 0) is 11.2 Å². The predicted molar refractivity (Wildman–Crippen MR) is 136 cm³/mol. The molecule has 0 aromatic heterocycles. The quantitative estimate of drug-likeness (QED) is 0.119. The lowest BCUT2D eigenvalue weighted by molar-refractivity contribution is -0.118. The Balaban J connectivity index is 1.51. The Bertz CT molecular complexity index is 1770. The van der Waals surface area contributed by atoms with E-state index in [1.807, 2.05) is 0 Å². The van der Waals surface area contributed by atoms with E-state index in [9.17, 15) is 45.0 Å². The fourth-order valence-corrected chi connectivity index (χ4v) is 7.18. The molecule has 1 heterocycles. The third-order valence-electron chi connectivity index (χ3n) is 8.76. The van der Waals surface area contributed by atoms with E-state index in [-0.39, 0.29) is 34.4 Å².